The van der Waals surface area contributed by atoms with E-state index in [2.05, 4.69) is 84.9 Å². The van der Waals surface area contributed by atoms with Crippen LogP contribution in [0.3, 0.4) is 0 Å². The van der Waals surface area contributed by atoms with Crippen LogP contribution < -0.4 is 40.2 Å². The second-order valence-corrected chi connectivity index (χ2v) is 32.8. The van der Waals surface area contributed by atoms with E-state index in [9.17, 15) is 27.6 Å². The Bertz CT molecular complexity index is 1700. The van der Waals surface area contributed by atoms with Crippen LogP contribution >= 0.6 is 40.3 Å². The van der Waals surface area contributed by atoms with Gasteiger partial charge in [-0.05, 0) is 194 Å². The minimum Gasteiger partial charge on any atom is -0.787 e. The van der Waals surface area contributed by atoms with E-state index in [-0.39, 0.29) is 95.6 Å². The number of amides is 4. The summed E-state index contributed by atoms with van der Waals surface area (Å²) < 4.78 is 47.2. The molecular formula is C59H127BrN5NaO13S4. The number of carbonyl (C=O) groups excluding carboxylic acids is 4. The van der Waals surface area contributed by atoms with E-state index in [4.69, 9.17) is 41.8 Å². The van der Waals surface area contributed by atoms with Crippen molar-refractivity contribution in [3.05, 3.63) is 0 Å². The zero-order chi connectivity index (χ0) is 66.7. The SMILES string of the molecule is CC(Br)CCCO.CC(C)(C)[S-].CC(CCCO)N(C)C(=O)OC(C)(C)C.CC(CCCOS(C)(=O)=O)N(C)C(=O)OC(C)(C)C.CC(CCCSC(C)(C)C)N(C)C(=O)OC(C)(C)C.CNC(=O)OC(C)(C)C.CNC(C)CCCS.[Na+]. The van der Waals surface area contributed by atoms with Crippen LogP contribution in [0.25, 0.3) is 0 Å². The van der Waals surface area contributed by atoms with E-state index in [0.29, 0.717) is 41.5 Å². The van der Waals surface area contributed by atoms with Crippen LogP contribution in [0, 0.1) is 0 Å². The largest absolute Gasteiger partial charge is 1.00 e. The zero-order valence-corrected chi connectivity index (χ0v) is 65.2. The normalized spacial score (nSPS) is 13.3. The van der Waals surface area contributed by atoms with E-state index in [1.165, 1.54) is 24.8 Å². The Morgan fingerprint density at radius 1 is 0.578 bits per heavy atom. The first kappa shape index (κ1) is 98.6. The molecule has 0 aromatic heterocycles. The predicted molar refractivity (Wildman–Crippen MR) is 357 cm³/mol. The molecule has 0 aromatic rings. The Kier molecular flexibility index (Phi) is 62.0. The third kappa shape index (κ3) is 90.3. The number of thiol groups is 1. The zero-order valence-electron chi connectivity index (χ0n) is 58.3. The van der Waals surface area contributed by atoms with Gasteiger partial charge < -0.3 is 67.1 Å². The van der Waals surface area contributed by atoms with Crippen molar-refractivity contribution >= 4 is 87.4 Å². The average Bonchev–Trinajstić information content (AvgIpc) is 3.28. The Morgan fingerprint density at radius 2 is 0.892 bits per heavy atom. The van der Waals surface area contributed by atoms with Gasteiger partial charge in [0, 0.05) is 75.1 Å². The monoisotopic (exact) mass is 1340 g/mol. The first-order valence-corrected chi connectivity index (χ1v) is 33.5. The van der Waals surface area contributed by atoms with Crippen molar-refractivity contribution in [2.75, 3.05) is 72.8 Å². The van der Waals surface area contributed by atoms with Crippen molar-refractivity contribution < 1.29 is 90.5 Å². The molecule has 0 spiro atoms. The second kappa shape index (κ2) is 52.2. The topological polar surface area (TPSA) is 223 Å². The standard InChI is InChI=1S/C15H31NO2S.C12H25NO5S.C11H23NO3.C6H13NO2.C6H15NS.C5H11BrO.C4H10S.Na/c1-12(10-9-11-19-15(5,6)7)16(8)13(17)18-14(2,3)4;1-10(8-7-9-17-19(6,15)16)13(5)11(14)18-12(2,3)4;1-9(7-6-8-13)12(5)10(14)15-11(2,3)4;1-6(2,3)9-5(8)7-4;1-6(7-2)4-3-5-8;1-5(6)3-2-4-7;1-4(2,3)5;/h12H,9-11H2,1-8H3;10H,7-9H2,1-6H3;9,13H,6-8H2,1-5H3;1-4H3,(H,7,8);6-8H,3-5H2,1-2H3;5,7H,2-4H2,1H3;5H,1-3H3;/q;;;;;;;+1/p-1. The molecule has 0 saturated carbocycles. The van der Waals surface area contributed by atoms with Crippen molar-refractivity contribution in [1.82, 2.24) is 25.3 Å². The van der Waals surface area contributed by atoms with Crippen molar-refractivity contribution in [2.45, 2.75) is 284 Å². The number of aliphatic hydroxyl groups is 2. The quantitative estimate of drug-likeness (QED) is 0.0129. The molecule has 0 rings (SSSR count). The fraction of sp³-hybridized carbons (Fsp3) is 0.932. The molecule has 0 aliphatic heterocycles. The smallest absolute Gasteiger partial charge is 0.787 e. The van der Waals surface area contributed by atoms with Crippen molar-refractivity contribution in [3.8, 4) is 0 Å². The maximum atomic E-state index is 11.9. The number of rotatable bonds is 22. The number of thioether (sulfide) groups is 1. The summed E-state index contributed by atoms with van der Waals surface area (Å²) in [6.07, 6.45) is 8.95. The Labute approximate surface area is 556 Å². The van der Waals surface area contributed by atoms with Crippen LogP contribution in [0.15, 0.2) is 0 Å². The average molecular weight is 1350 g/mol. The van der Waals surface area contributed by atoms with Gasteiger partial charge in [-0.15, -0.1) is 0 Å². The van der Waals surface area contributed by atoms with Gasteiger partial charge in [-0.2, -0.15) is 37.6 Å². The van der Waals surface area contributed by atoms with Crippen LogP contribution in [0.2, 0.25) is 0 Å². The molecule has 0 fully saturated rings. The van der Waals surface area contributed by atoms with Crippen LogP contribution in [-0.2, 0) is 45.9 Å². The van der Waals surface area contributed by atoms with Gasteiger partial charge in [0.1, 0.15) is 22.4 Å². The number of nitrogens with one attached hydrogen (secondary N) is 2. The van der Waals surface area contributed by atoms with Crippen LogP contribution in [-0.4, -0.2) is 191 Å². The summed E-state index contributed by atoms with van der Waals surface area (Å²) in [5.41, 5.74) is -1.79. The third-order valence-electron chi connectivity index (χ3n) is 9.82. The van der Waals surface area contributed by atoms with Crippen LogP contribution in [0.5, 0.6) is 0 Å². The molecule has 0 aliphatic rings. The summed E-state index contributed by atoms with van der Waals surface area (Å²) in [6.45, 7) is 45.6. The maximum absolute atomic E-state index is 11.9. The fourth-order valence-corrected chi connectivity index (χ4v) is 6.95. The molecule has 0 aromatic carbocycles. The minimum atomic E-state index is -3.39. The second-order valence-electron chi connectivity index (χ2n) is 26.0. The van der Waals surface area contributed by atoms with Gasteiger partial charge in [0.25, 0.3) is 10.1 Å². The molecule has 4 N–H and O–H groups in total. The fourth-order valence-electron chi connectivity index (χ4n) is 5.10. The van der Waals surface area contributed by atoms with Crippen molar-refractivity contribution in [3.63, 3.8) is 0 Å². The first-order chi connectivity index (χ1) is 36.7. The van der Waals surface area contributed by atoms with Crippen molar-refractivity contribution in [2.24, 2.45) is 0 Å². The number of ether oxygens (including phenoxy) is 4. The van der Waals surface area contributed by atoms with Gasteiger partial charge in [0.2, 0.25) is 0 Å². The van der Waals surface area contributed by atoms with Gasteiger partial charge in [0.15, 0.2) is 0 Å². The molecule has 0 aliphatic carbocycles. The van der Waals surface area contributed by atoms with Gasteiger partial charge >= 0.3 is 53.9 Å². The van der Waals surface area contributed by atoms with Gasteiger partial charge in [-0.3, -0.25) is 4.18 Å². The number of alkyl carbamates (subject to hydrolysis) is 1. The number of hydrogen-bond acceptors (Lipinski definition) is 17. The maximum Gasteiger partial charge on any atom is 1.00 e. The molecule has 5 unspecified atom stereocenters. The summed E-state index contributed by atoms with van der Waals surface area (Å²) >= 11 is 14.3. The number of alkyl halides is 1. The number of nitrogens with zero attached hydrogens (tertiary/aromatic N) is 3. The van der Waals surface area contributed by atoms with E-state index in [1.54, 1.807) is 23.9 Å². The summed E-state index contributed by atoms with van der Waals surface area (Å²) in [4.78, 5) is 51.1. The molecular weight excluding hydrogens is 1220 g/mol. The molecule has 5 atom stereocenters. The van der Waals surface area contributed by atoms with Gasteiger partial charge in [-0.25, -0.2) is 19.2 Å². The molecule has 0 heterocycles. The minimum absolute atomic E-state index is 0. The Balaban J connectivity index is -0.000000138. The molecule has 4 amide bonds. The van der Waals surface area contributed by atoms with Gasteiger partial charge in [0.05, 0.1) is 12.9 Å². The molecule has 83 heavy (non-hydrogen) atoms. The summed E-state index contributed by atoms with van der Waals surface area (Å²) in [7, 11) is 5.33. The Hall–Kier alpha value is -0.600. The molecule has 0 bridgehead atoms. The summed E-state index contributed by atoms with van der Waals surface area (Å²) in [6, 6.07) is 0.919. The predicted octanol–water partition coefficient (Wildman–Crippen LogP) is 10.9. The molecule has 18 nitrogen and oxygen atoms in total. The van der Waals surface area contributed by atoms with Crippen LogP contribution in [0.4, 0.5) is 19.2 Å². The number of hydrogen-bond donors (Lipinski definition) is 5. The van der Waals surface area contributed by atoms with E-state index >= 15 is 0 Å². The van der Waals surface area contributed by atoms with E-state index in [1.807, 2.05) is 144 Å². The van der Waals surface area contributed by atoms with E-state index < -0.39 is 26.9 Å². The summed E-state index contributed by atoms with van der Waals surface area (Å²) in [5.74, 6) is 2.14. The summed E-state index contributed by atoms with van der Waals surface area (Å²) in [5, 5.41) is 22.5. The number of halogens is 1. The van der Waals surface area contributed by atoms with E-state index in [0.717, 1.165) is 49.9 Å². The first-order valence-electron chi connectivity index (χ1n) is 28.8. The Morgan fingerprint density at radius 3 is 1.12 bits per heavy atom. The van der Waals surface area contributed by atoms with Gasteiger partial charge in [-0.1, -0.05) is 64.4 Å². The van der Waals surface area contributed by atoms with Crippen molar-refractivity contribution in [1.29, 1.82) is 0 Å². The molecule has 0 radical (unpaired) electrons. The molecule has 0 saturated heterocycles. The number of carbonyl (C=O) groups is 4. The van der Waals surface area contributed by atoms with Crippen LogP contribution in [0.1, 0.15) is 223 Å². The molecule has 24 heteroatoms. The third-order valence-corrected chi connectivity index (χ3v) is 12.6. The molecule has 498 valence electrons. The number of aliphatic hydroxyl groups excluding tert-OH is 2.